The Morgan fingerprint density at radius 1 is 0.286 bits per heavy atom. The van der Waals surface area contributed by atoms with Crippen molar-refractivity contribution in [1.82, 2.24) is 0 Å². The van der Waals surface area contributed by atoms with E-state index in [2.05, 4.69) is 229 Å². The lowest BCUT2D eigenvalue weighted by Crippen LogP contribution is -2.26. The second-order valence-corrected chi connectivity index (χ2v) is 18.2. The van der Waals surface area contributed by atoms with Gasteiger partial charge in [0.05, 0.1) is 5.41 Å². The largest absolute Gasteiger partial charge is 0.310 e. The summed E-state index contributed by atoms with van der Waals surface area (Å²) in [6.45, 7) is 0. The molecule has 2 aliphatic rings. The normalized spacial score (nSPS) is 13.2. The number of hydrogen-bond acceptors (Lipinski definition) is 2. The molecule has 1 spiro atoms. The number of rotatable bonds is 4. The van der Waals surface area contributed by atoms with Crippen molar-refractivity contribution in [2.75, 3.05) is 4.90 Å². The lowest BCUT2D eigenvalue weighted by atomic mass is 9.70. The molecule has 2 heteroatoms. The Kier molecular flexibility index (Phi) is 7.26. The SMILES string of the molecule is c1cc(-c2cccc3sc4ccccc4c23)cc(N(c2ccc3c(c2)C2(c4ccccc4-c4ccccc42)c2ccccc2-3)c2ccc3c4ccccc4c4ccccc4c3c2)c1. The third kappa shape index (κ3) is 4.76. The van der Waals surface area contributed by atoms with Gasteiger partial charge in [-0.1, -0.05) is 176 Å². The van der Waals surface area contributed by atoms with E-state index in [-0.39, 0.29) is 0 Å². The van der Waals surface area contributed by atoms with E-state index in [1.165, 1.54) is 108 Å². The number of anilines is 3. The molecule has 0 radical (unpaired) electrons. The van der Waals surface area contributed by atoms with Gasteiger partial charge in [0.15, 0.2) is 0 Å². The monoisotopic (exact) mass is 815 g/mol. The summed E-state index contributed by atoms with van der Waals surface area (Å²) in [6.07, 6.45) is 0. The first-order valence-corrected chi connectivity index (χ1v) is 22.7. The molecule has 1 nitrogen and oxygen atoms in total. The van der Waals surface area contributed by atoms with Gasteiger partial charge in [-0.05, 0) is 136 Å². The molecular formula is C61H37NS. The number of hydrogen-bond donors (Lipinski definition) is 0. The fraction of sp³-hybridized carbons (Fsp3) is 0.0164. The molecule has 12 aromatic rings. The maximum absolute atomic E-state index is 2.51. The van der Waals surface area contributed by atoms with E-state index in [1.807, 2.05) is 11.3 Å². The Labute approximate surface area is 369 Å². The zero-order valence-electron chi connectivity index (χ0n) is 34.2. The molecule has 0 amide bonds. The average molecular weight is 816 g/mol. The topological polar surface area (TPSA) is 3.24 Å². The van der Waals surface area contributed by atoms with Crippen LogP contribution in [0.15, 0.2) is 224 Å². The Morgan fingerprint density at radius 3 is 1.41 bits per heavy atom. The third-order valence-corrected chi connectivity index (χ3v) is 15.2. The number of nitrogens with zero attached hydrogens (tertiary/aromatic N) is 1. The second-order valence-electron chi connectivity index (χ2n) is 17.1. The predicted octanol–water partition coefficient (Wildman–Crippen LogP) is 17.0. The van der Waals surface area contributed by atoms with Crippen LogP contribution in [0.2, 0.25) is 0 Å². The molecule has 1 heterocycles. The summed E-state index contributed by atoms with van der Waals surface area (Å²) in [7, 11) is 0. The molecule has 14 rings (SSSR count). The van der Waals surface area contributed by atoms with Gasteiger partial charge < -0.3 is 4.90 Å². The minimum absolute atomic E-state index is 0.448. The van der Waals surface area contributed by atoms with Crippen LogP contribution in [0, 0.1) is 0 Å². The first kappa shape index (κ1) is 34.9. The minimum Gasteiger partial charge on any atom is -0.310 e. The highest BCUT2D eigenvalue weighted by molar-refractivity contribution is 7.25. The van der Waals surface area contributed by atoms with Crippen LogP contribution in [0.3, 0.4) is 0 Å². The van der Waals surface area contributed by atoms with Gasteiger partial charge in [0.25, 0.3) is 0 Å². The lowest BCUT2D eigenvalue weighted by Gasteiger charge is -2.32. The van der Waals surface area contributed by atoms with Gasteiger partial charge in [0.2, 0.25) is 0 Å². The summed E-state index contributed by atoms with van der Waals surface area (Å²) in [6, 6.07) is 84.2. The highest BCUT2D eigenvalue weighted by Crippen LogP contribution is 2.63. The summed E-state index contributed by atoms with van der Waals surface area (Å²) in [5.74, 6) is 0. The molecule has 292 valence electrons. The fourth-order valence-electron chi connectivity index (χ4n) is 11.5. The van der Waals surface area contributed by atoms with E-state index < -0.39 is 5.41 Å². The average Bonchev–Trinajstić information content (AvgIpc) is 3.98. The summed E-state index contributed by atoms with van der Waals surface area (Å²) in [5.41, 5.74) is 16.0. The number of fused-ring (bicyclic) bond motifs is 19. The molecule has 0 aliphatic heterocycles. The van der Waals surface area contributed by atoms with Crippen LogP contribution in [0.25, 0.3) is 85.9 Å². The standard InChI is InChI=1S/C61H37NS/c1-2-19-45-43(17-1)44-18-3-4-20-46(44)53-36-40(31-33-47(45)53)62(39-16-13-15-38(35-39)42-25-14-30-59-60(42)52-24-8-12-29-58(52)63-59)41-32-34-51-50-23-7-11-28-56(50)61(57(51)37-41)54-26-9-5-21-48(54)49-22-6-10-27-55(49)61/h1-37H. The van der Waals surface area contributed by atoms with E-state index in [0.29, 0.717) is 0 Å². The van der Waals surface area contributed by atoms with Gasteiger partial charge in [-0.3, -0.25) is 0 Å². The molecule has 63 heavy (non-hydrogen) atoms. The molecule has 11 aromatic carbocycles. The fourth-order valence-corrected chi connectivity index (χ4v) is 12.7. The van der Waals surface area contributed by atoms with E-state index in [4.69, 9.17) is 0 Å². The van der Waals surface area contributed by atoms with Gasteiger partial charge >= 0.3 is 0 Å². The highest BCUT2D eigenvalue weighted by atomic mass is 32.1. The Morgan fingerprint density at radius 2 is 0.746 bits per heavy atom. The van der Waals surface area contributed by atoms with Crippen molar-refractivity contribution < 1.29 is 0 Å². The Bertz CT molecular complexity index is 3790. The summed E-state index contributed by atoms with van der Waals surface area (Å²) >= 11 is 1.87. The van der Waals surface area contributed by atoms with Crippen molar-refractivity contribution >= 4 is 80.9 Å². The summed E-state index contributed by atoms with van der Waals surface area (Å²) in [5, 5.41) is 10.2. The van der Waals surface area contributed by atoms with Gasteiger partial charge in [-0.25, -0.2) is 0 Å². The molecule has 0 saturated heterocycles. The highest BCUT2D eigenvalue weighted by Gasteiger charge is 2.51. The molecule has 0 unspecified atom stereocenters. The van der Waals surface area contributed by atoms with Crippen molar-refractivity contribution in [3.63, 3.8) is 0 Å². The molecule has 1 aromatic heterocycles. The molecule has 2 aliphatic carbocycles. The van der Waals surface area contributed by atoms with E-state index >= 15 is 0 Å². The van der Waals surface area contributed by atoms with Gasteiger partial charge in [-0.15, -0.1) is 11.3 Å². The van der Waals surface area contributed by atoms with Crippen molar-refractivity contribution in [1.29, 1.82) is 0 Å². The van der Waals surface area contributed by atoms with E-state index in [9.17, 15) is 0 Å². The first-order valence-electron chi connectivity index (χ1n) is 21.8. The quantitative estimate of drug-likeness (QED) is 0.160. The molecule has 0 saturated carbocycles. The Hall–Kier alpha value is -7.78. The van der Waals surface area contributed by atoms with Crippen LogP contribution in [-0.2, 0) is 5.41 Å². The molecular weight excluding hydrogens is 779 g/mol. The summed E-state index contributed by atoms with van der Waals surface area (Å²) < 4.78 is 2.63. The van der Waals surface area contributed by atoms with E-state index in [0.717, 1.165) is 17.1 Å². The predicted molar refractivity (Wildman–Crippen MR) is 268 cm³/mol. The van der Waals surface area contributed by atoms with Crippen molar-refractivity contribution in [3.8, 4) is 33.4 Å². The zero-order chi connectivity index (χ0) is 41.2. The molecule has 0 fully saturated rings. The van der Waals surface area contributed by atoms with Gasteiger partial charge in [0.1, 0.15) is 0 Å². The van der Waals surface area contributed by atoms with Crippen LogP contribution in [0.5, 0.6) is 0 Å². The molecule has 0 atom stereocenters. The van der Waals surface area contributed by atoms with Gasteiger partial charge in [0, 0.05) is 37.2 Å². The summed E-state index contributed by atoms with van der Waals surface area (Å²) in [4.78, 5) is 2.50. The third-order valence-electron chi connectivity index (χ3n) is 14.0. The van der Waals surface area contributed by atoms with Crippen LogP contribution in [-0.4, -0.2) is 0 Å². The number of benzene rings is 11. The van der Waals surface area contributed by atoms with Crippen LogP contribution in [0.4, 0.5) is 17.1 Å². The van der Waals surface area contributed by atoms with Crippen molar-refractivity contribution in [2.24, 2.45) is 0 Å². The molecule has 0 bridgehead atoms. The second kappa shape index (κ2) is 13.1. The maximum Gasteiger partial charge on any atom is 0.0726 e. The van der Waals surface area contributed by atoms with Crippen molar-refractivity contribution in [2.45, 2.75) is 5.41 Å². The molecule has 0 N–H and O–H groups in total. The van der Waals surface area contributed by atoms with Crippen LogP contribution < -0.4 is 4.90 Å². The smallest absolute Gasteiger partial charge is 0.0726 e. The van der Waals surface area contributed by atoms with Crippen molar-refractivity contribution in [3.05, 3.63) is 247 Å². The number of thiophene rings is 1. The first-order chi connectivity index (χ1) is 31.3. The van der Waals surface area contributed by atoms with Crippen LogP contribution in [0.1, 0.15) is 22.3 Å². The maximum atomic E-state index is 2.51. The lowest BCUT2D eigenvalue weighted by molar-refractivity contribution is 0.793. The Balaban J connectivity index is 1.05. The van der Waals surface area contributed by atoms with Gasteiger partial charge in [-0.2, -0.15) is 0 Å². The minimum atomic E-state index is -0.448. The van der Waals surface area contributed by atoms with Crippen LogP contribution >= 0.6 is 11.3 Å². The zero-order valence-corrected chi connectivity index (χ0v) is 35.0. The van der Waals surface area contributed by atoms with E-state index in [1.54, 1.807) is 0 Å².